The largest absolute Gasteiger partial charge is 0.493 e. The number of carbonyl (C=O) groups excluding carboxylic acids is 2. The molecule has 0 spiro atoms. The number of nitrogens with one attached hydrogen (secondary N) is 2. The van der Waals surface area contributed by atoms with Crippen molar-refractivity contribution in [2.45, 2.75) is 19.0 Å². The minimum atomic E-state index is -0.478. The van der Waals surface area contributed by atoms with Gasteiger partial charge in [-0.15, -0.1) is 0 Å². The maximum atomic E-state index is 12.4. The van der Waals surface area contributed by atoms with Crippen LogP contribution >= 0.6 is 0 Å². The van der Waals surface area contributed by atoms with Crippen LogP contribution in [-0.2, 0) is 17.8 Å². The molecule has 1 aromatic rings. The SMILES string of the molecule is COc1cc2c(cc1OC)CN(C(=O)C1CNC(=O)N1)CC2. The van der Waals surface area contributed by atoms with Crippen LogP contribution in [-0.4, -0.2) is 50.2 Å². The summed E-state index contributed by atoms with van der Waals surface area (Å²) in [5.41, 5.74) is 2.21. The van der Waals surface area contributed by atoms with Crippen molar-refractivity contribution in [3.63, 3.8) is 0 Å². The highest BCUT2D eigenvalue weighted by molar-refractivity contribution is 5.90. The lowest BCUT2D eigenvalue weighted by Gasteiger charge is -2.31. The third-order valence-corrected chi connectivity index (χ3v) is 4.10. The second-order valence-corrected chi connectivity index (χ2v) is 5.39. The predicted octanol–water partition coefficient (Wildman–Crippen LogP) is 0.270. The number of rotatable bonds is 3. The van der Waals surface area contributed by atoms with Crippen molar-refractivity contribution in [1.82, 2.24) is 15.5 Å². The Labute approximate surface area is 128 Å². The van der Waals surface area contributed by atoms with Crippen molar-refractivity contribution in [2.24, 2.45) is 0 Å². The molecule has 1 saturated heterocycles. The summed E-state index contributed by atoms with van der Waals surface area (Å²) in [5, 5.41) is 5.24. The average Bonchev–Trinajstić information content (AvgIpc) is 2.98. The molecule has 3 amide bonds. The highest BCUT2D eigenvalue weighted by Gasteiger charge is 2.32. The Hall–Kier alpha value is -2.44. The number of ether oxygens (including phenoxy) is 2. The molecule has 1 atom stereocenters. The summed E-state index contributed by atoms with van der Waals surface area (Å²) in [4.78, 5) is 25.4. The van der Waals surface area contributed by atoms with Gasteiger partial charge in [0.05, 0.1) is 14.2 Å². The molecule has 0 saturated carbocycles. The summed E-state index contributed by atoms with van der Waals surface area (Å²) in [7, 11) is 3.20. The normalized spacial score (nSPS) is 20.0. The Balaban J connectivity index is 1.78. The van der Waals surface area contributed by atoms with E-state index in [2.05, 4.69) is 10.6 Å². The Morgan fingerprint density at radius 2 is 1.91 bits per heavy atom. The van der Waals surface area contributed by atoms with Gasteiger partial charge in [-0.25, -0.2) is 4.79 Å². The van der Waals surface area contributed by atoms with Crippen molar-refractivity contribution in [1.29, 1.82) is 0 Å². The van der Waals surface area contributed by atoms with Crippen LogP contribution in [0.2, 0.25) is 0 Å². The molecule has 2 heterocycles. The summed E-state index contributed by atoms with van der Waals surface area (Å²) >= 11 is 0. The van der Waals surface area contributed by atoms with E-state index >= 15 is 0 Å². The van der Waals surface area contributed by atoms with Crippen LogP contribution in [0.4, 0.5) is 4.79 Å². The Morgan fingerprint density at radius 3 is 2.50 bits per heavy atom. The van der Waals surface area contributed by atoms with E-state index < -0.39 is 6.04 Å². The van der Waals surface area contributed by atoms with Crippen LogP contribution in [0.15, 0.2) is 12.1 Å². The molecule has 2 aliphatic rings. The molecule has 1 unspecified atom stereocenters. The minimum absolute atomic E-state index is 0.0567. The zero-order chi connectivity index (χ0) is 15.7. The van der Waals surface area contributed by atoms with E-state index in [4.69, 9.17) is 9.47 Å². The van der Waals surface area contributed by atoms with Crippen molar-refractivity contribution in [3.8, 4) is 11.5 Å². The smallest absolute Gasteiger partial charge is 0.315 e. The third-order valence-electron chi connectivity index (χ3n) is 4.10. The lowest BCUT2D eigenvalue weighted by molar-refractivity contribution is -0.133. The number of benzene rings is 1. The average molecular weight is 305 g/mol. The number of methoxy groups -OCH3 is 2. The molecule has 0 bridgehead atoms. The van der Waals surface area contributed by atoms with E-state index in [-0.39, 0.29) is 11.9 Å². The molecule has 1 aromatic carbocycles. The fourth-order valence-electron chi connectivity index (χ4n) is 2.90. The van der Waals surface area contributed by atoms with Gasteiger partial charge in [-0.2, -0.15) is 0 Å². The number of hydrogen-bond acceptors (Lipinski definition) is 4. The van der Waals surface area contributed by atoms with Crippen LogP contribution in [0.25, 0.3) is 0 Å². The number of urea groups is 1. The van der Waals surface area contributed by atoms with Gasteiger partial charge in [0, 0.05) is 19.6 Å². The fraction of sp³-hybridized carbons (Fsp3) is 0.467. The van der Waals surface area contributed by atoms with Crippen molar-refractivity contribution in [2.75, 3.05) is 27.3 Å². The standard InChI is InChI=1S/C15H19N3O4/c1-21-12-5-9-3-4-18(8-10(9)6-13(12)22-2)14(19)11-7-16-15(20)17-11/h5-6,11H,3-4,7-8H2,1-2H3,(H2,16,17,20). The predicted molar refractivity (Wildman–Crippen MR) is 79.0 cm³/mol. The van der Waals surface area contributed by atoms with Crippen LogP contribution in [0.3, 0.4) is 0 Å². The van der Waals surface area contributed by atoms with Gasteiger partial charge in [0.1, 0.15) is 6.04 Å². The van der Waals surface area contributed by atoms with Crippen LogP contribution < -0.4 is 20.1 Å². The van der Waals surface area contributed by atoms with E-state index in [1.54, 1.807) is 19.1 Å². The lowest BCUT2D eigenvalue weighted by atomic mass is 9.98. The molecule has 2 aliphatic heterocycles. The maximum Gasteiger partial charge on any atom is 0.315 e. The minimum Gasteiger partial charge on any atom is -0.493 e. The van der Waals surface area contributed by atoms with E-state index in [9.17, 15) is 9.59 Å². The van der Waals surface area contributed by atoms with Gasteiger partial charge in [0.2, 0.25) is 5.91 Å². The van der Waals surface area contributed by atoms with Gasteiger partial charge in [0.15, 0.2) is 11.5 Å². The second-order valence-electron chi connectivity index (χ2n) is 5.39. The summed E-state index contributed by atoms with van der Waals surface area (Å²) in [6, 6.07) is 3.12. The molecule has 0 radical (unpaired) electrons. The fourth-order valence-corrected chi connectivity index (χ4v) is 2.90. The van der Waals surface area contributed by atoms with Gasteiger partial charge in [-0.1, -0.05) is 0 Å². The van der Waals surface area contributed by atoms with Gasteiger partial charge < -0.3 is 25.0 Å². The first-order valence-electron chi connectivity index (χ1n) is 7.19. The summed E-state index contributed by atoms with van der Waals surface area (Å²) in [6.07, 6.45) is 0.759. The summed E-state index contributed by atoms with van der Waals surface area (Å²) in [5.74, 6) is 1.30. The molecular formula is C15H19N3O4. The Morgan fingerprint density at radius 1 is 1.23 bits per heavy atom. The lowest BCUT2D eigenvalue weighted by Crippen LogP contribution is -2.47. The van der Waals surface area contributed by atoms with Gasteiger partial charge in [-0.3, -0.25) is 4.79 Å². The van der Waals surface area contributed by atoms with Gasteiger partial charge in [0.25, 0.3) is 0 Å². The van der Waals surface area contributed by atoms with E-state index in [0.29, 0.717) is 31.1 Å². The Kier molecular flexibility index (Phi) is 3.79. The number of carbonyl (C=O) groups is 2. The summed E-state index contributed by atoms with van der Waals surface area (Å²) < 4.78 is 10.6. The molecule has 7 nitrogen and oxygen atoms in total. The highest BCUT2D eigenvalue weighted by Crippen LogP contribution is 2.33. The molecule has 1 fully saturated rings. The summed E-state index contributed by atoms with van der Waals surface area (Å²) in [6.45, 7) is 1.49. The van der Waals surface area contributed by atoms with Gasteiger partial charge in [-0.05, 0) is 29.7 Å². The first kappa shape index (κ1) is 14.5. The van der Waals surface area contributed by atoms with E-state index in [0.717, 1.165) is 17.5 Å². The molecule has 118 valence electrons. The van der Waals surface area contributed by atoms with Crippen molar-refractivity contribution < 1.29 is 19.1 Å². The maximum absolute atomic E-state index is 12.4. The van der Waals surface area contributed by atoms with Crippen LogP contribution in [0.5, 0.6) is 11.5 Å². The van der Waals surface area contributed by atoms with Crippen LogP contribution in [0, 0.1) is 0 Å². The molecule has 2 N–H and O–H groups in total. The molecule has 7 heteroatoms. The van der Waals surface area contributed by atoms with Crippen molar-refractivity contribution >= 4 is 11.9 Å². The molecular weight excluding hydrogens is 286 g/mol. The van der Waals surface area contributed by atoms with Crippen molar-refractivity contribution in [3.05, 3.63) is 23.3 Å². The zero-order valence-electron chi connectivity index (χ0n) is 12.6. The highest BCUT2D eigenvalue weighted by atomic mass is 16.5. The van der Waals surface area contributed by atoms with Crippen LogP contribution in [0.1, 0.15) is 11.1 Å². The number of hydrogen-bond donors (Lipinski definition) is 2. The first-order chi connectivity index (χ1) is 10.6. The number of amides is 3. The number of fused-ring (bicyclic) bond motifs is 1. The third kappa shape index (κ3) is 2.54. The first-order valence-corrected chi connectivity index (χ1v) is 7.19. The molecule has 0 aromatic heterocycles. The number of nitrogens with zero attached hydrogens (tertiary/aromatic N) is 1. The zero-order valence-corrected chi connectivity index (χ0v) is 12.6. The molecule has 3 rings (SSSR count). The van der Waals surface area contributed by atoms with Gasteiger partial charge >= 0.3 is 6.03 Å². The topological polar surface area (TPSA) is 79.9 Å². The van der Waals surface area contributed by atoms with E-state index in [1.807, 2.05) is 12.1 Å². The second kappa shape index (κ2) is 5.75. The van der Waals surface area contributed by atoms with E-state index in [1.165, 1.54) is 0 Å². The monoisotopic (exact) mass is 305 g/mol. The quantitative estimate of drug-likeness (QED) is 0.840. The molecule has 0 aliphatic carbocycles. The molecule has 22 heavy (non-hydrogen) atoms. The Bertz CT molecular complexity index is 617.